The van der Waals surface area contributed by atoms with Crippen LogP contribution in [0, 0.1) is 6.92 Å². The van der Waals surface area contributed by atoms with E-state index in [-0.39, 0.29) is 11.5 Å². The van der Waals surface area contributed by atoms with Gasteiger partial charge in [0.15, 0.2) is 0 Å². The largest absolute Gasteiger partial charge is 0.497 e. The van der Waals surface area contributed by atoms with Crippen LogP contribution in [0.4, 0.5) is 4.79 Å². The molecule has 0 unspecified atom stereocenters. The smallest absolute Gasteiger partial charge is 0.412 e. The Kier molecular flexibility index (Phi) is 4.74. The molecule has 2 heterocycles. The third kappa shape index (κ3) is 3.65. The molecule has 3 rings (SSSR count). The highest BCUT2D eigenvalue weighted by atomic mass is 16.6. The molecule has 25 heavy (non-hydrogen) atoms. The monoisotopic (exact) mass is 342 g/mol. The molecule has 0 radical (unpaired) electrons. The minimum absolute atomic E-state index is 0.100. The molecule has 2 aromatic heterocycles. The molecule has 0 saturated carbocycles. The van der Waals surface area contributed by atoms with Gasteiger partial charge < -0.3 is 24.2 Å². The van der Waals surface area contributed by atoms with E-state index in [1.165, 1.54) is 12.3 Å². The second-order valence-corrected chi connectivity index (χ2v) is 5.46. The Morgan fingerprint density at radius 3 is 2.92 bits per heavy atom. The molecule has 0 aliphatic rings. The number of H-pyrrole nitrogens is 1. The number of benzene rings is 1. The van der Waals surface area contributed by atoms with Gasteiger partial charge in [0.1, 0.15) is 11.5 Å². The molecule has 1 aromatic carbocycles. The Morgan fingerprint density at radius 2 is 2.16 bits per heavy atom. The van der Waals surface area contributed by atoms with Crippen molar-refractivity contribution < 1.29 is 18.7 Å². The van der Waals surface area contributed by atoms with Gasteiger partial charge >= 0.3 is 6.09 Å². The maximum atomic E-state index is 11.9. The van der Waals surface area contributed by atoms with Crippen molar-refractivity contribution in [1.82, 2.24) is 10.3 Å². The van der Waals surface area contributed by atoms with Gasteiger partial charge in [0.25, 0.3) is 0 Å². The first-order valence-corrected chi connectivity index (χ1v) is 7.76. The fourth-order valence-corrected chi connectivity index (χ4v) is 2.54. The summed E-state index contributed by atoms with van der Waals surface area (Å²) < 4.78 is 15.3. The quantitative estimate of drug-likeness (QED) is 0.743. The Morgan fingerprint density at radius 1 is 1.32 bits per heavy atom. The van der Waals surface area contributed by atoms with Crippen LogP contribution in [0.2, 0.25) is 0 Å². The number of aromatic nitrogens is 1. The molecule has 0 spiro atoms. The molecule has 3 aromatic rings. The second-order valence-electron chi connectivity index (χ2n) is 5.46. The van der Waals surface area contributed by atoms with E-state index >= 15 is 0 Å². The van der Waals surface area contributed by atoms with Crippen LogP contribution in [0.5, 0.6) is 11.5 Å². The van der Waals surface area contributed by atoms with Crippen molar-refractivity contribution in [3.63, 3.8) is 0 Å². The van der Waals surface area contributed by atoms with Crippen LogP contribution in [0.15, 0.2) is 45.9 Å². The highest BCUT2D eigenvalue weighted by Gasteiger charge is 2.12. The summed E-state index contributed by atoms with van der Waals surface area (Å²) in [5.41, 5.74) is 1.64. The van der Waals surface area contributed by atoms with Crippen LogP contribution < -0.4 is 20.2 Å². The molecule has 0 aliphatic heterocycles. The third-order valence-electron chi connectivity index (χ3n) is 3.84. The van der Waals surface area contributed by atoms with Crippen molar-refractivity contribution in [2.24, 2.45) is 0 Å². The van der Waals surface area contributed by atoms with E-state index in [0.29, 0.717) is 13.0 Å². The van der Waals surface area contributed by atoms with Gasteiger partial charge in [0.2, 0.25) is 11.2 Å². The Hall–Kier alpha value is -3.22. The predicted octanol–water partition coefficient (Wildman–Crippen LogP) is 2.77. The molecule has 0 fully saturated rings. The molecular formula is C18H18N2O5. The van der Waals surface area contributed by atoms with Crippen molar-refractivity contribution in [3.8, 4) is 11.5 Å². The number of rotatable bonds is 5. The van der Waals surface area contributed by atoms with E-state index in [4.69, 9.17) is 13.9 Å². The van der Waals surface area contributed by atoms with E-state index in [1.54, 1.807) is 14.0 Å². The number of carbonyl (C=O) groups is 1. The molecule has 0 saturated heterocycles. The molecule has 7 heteroatoms. The van der Waals surface area contributed by atoms with Crippen molar-refractivity contribution in [1.29, 1.82) is 0 Å². The average Bonchev–Trinajstić information content (AvgIpc) is 3.00. The summed E-state index contributed by atoms with van der Waals surface area (Å²) in [6.07, 6.45) is 3.06. The number of carbonyl (C=O) groups excluding carboxylic acids is 1. The summed E-state index contributed by atoms with van der Waals surface area (Å²) in [5, 5.41) is 3.67. The number of aromatic amines is 1. The minimum atomic E-state index is -0.695. The standard InChI is InChI=1S/C18H18N2O5/c1-11-17(16(21)6-8-24-11)25-18(22)19-7-5-12-10-20-15-4-3-13(23-2)9-14(12)15/h3-4,6,8-10,20H,5,7H2,1-2H3,(H,19,22). The second kappa shape index (κ2) is 7.12. The number of amides is 1. The molecule has 1 amide bonds. The summed E-state index contributed by atoms with van der Waals surface area (Å²) in [5.74, 6) is 0.926. The number of methoxy groups -OCH3 is 1. The van der Waals surface area contributed by atoms with Gasteiger partial charge in [-0.2, -0.15) is 0 Å². The van der Waals surface area contributed by atoms with Crippen LogP contribution in [0.3, 0.4) is 0 Å². The van der Waals surface area contributed by atoms with Gasteiger partial charge in [-0.15, -0.1) is 0 Å². The van der Waals surface area contributed by atoms with E-state index in [2.05, 4.69) is 10.3 Å². The number of hydrogen-bond donors (Lipinski definition) is 2. The van der Waals surface area contributed by atoms with Gasteiger partial charge in [-0.1, -0.05) is 0 Å². The van der Waals surface area contributed by atoms with Gasteiger partial charge in [0, 0.05) is 29.7 Å². The first-order valence-electron chi connectivity index (χ1n) is 7.76. The van der Waals surface area contributed by atoms with Crippen molar-refractivity contribution >= 4 is 17.0 Å². The molecule has 2 N–H and O–H groups in total. The van der Waals surface area contributed by atoms with Crippen molar-refractivity contribution in [2.45, 2.75) is 13.3 Å². The first kappa shape index (κ1) is 16.6. The molecular weight excluding hydrogens is 324 g/mol. The number of ether oxygens (including phenoxy) is 2. The minimum Gasteiger partial charge on any atom is -0.497 e. The number of hydrogen-bond acceptors (Lipinski definition) is 5. The zero-order chi connectivity index (χ0) is 17.8. The van der Waals surface area contributed by atoms with E-state index < -0.39 is 11.5 Å². The Balaban J connectivity index is 1.61. The normalized spacial score (nSPS) is 10.6. The van der Waals surface area contributed by atoms with Crippen LogP contribution in [0.25, 0.3) is 10.9 Å². The molecule has 7 nitrogen and oxygen atoms in total. The molecule has 0 bridgehead atoms. The van der Waals surface area contributed by atoms with Crippen molar-refractivity contribution in [3.05, 3.63) is 58.3 Å². The van der Waals surface area contributed by atoms with Crippen LogP contribution in [-0.4, -0.2) is 24.7 Å². The number of aryl methyl sites for hydroxylation is 1. The highest BCUT2D eigenvalue weighted by molar-refractivity contribution is 5.84. The first-order chi connectivity index (χ1) is 12.1. The predicted molar refractivity (Wildman–Crippen MR) is 92.3 cm³/mol. The Labute approximate surface area is 143 Å². The fraction of sp³-hybridized carbons (Fsp3) is 0.222. The highest BCUT2D eigenvalue weighted by Crippen LogP contribution is 2.23. The number of nitrogens with one attached hydrogen (secondary N) is 2. The summed E-state index contributed by atoms with van der Waals surface area (Å²) in [7, 11) is 1.62. The summed E-state index contributed by atoms with van der Waals surface area (Å²) in [6.45, 7) is 1.92. The molecule has 0 atom stereocenters. The lowest BCUT2D eigenvalue weighted by Gasteiger charge is -2.07. The topological polar surface area (TPSA) is 93.6 Å². The maximum Gasteiger partial charge on any atom is 0.412 e. The van der Waals surface area contributed by atoms with Gasteiger partial charge in [-0.25, -0.2) is 4.79 Å². The van der Waals surface area contributed by atoms with Crippen LogP contribution in [-0.2, 0) is 6.42 Å². The SMILES string of the molecule is COc1ccc2[nH]cc(CCNC(=O)Oc3c(C)occc3=O)c2c1. The van der Waals surface area contributed by atoms with Crippen molar-refractivity contribution in [2.75, 3.05) is 13.7 Å². The van der Waals surface area contributed by atoms with Gasteiger partial charge in [-0.3, -0.25) is 4.79 Å². The van der Waals surface area contributed by atoms with E-state index in [1.807, 2.05) is 24.4 Å². The maximum absolute atomic E-state index is 11.9. The lowest BCUT2D eigenvalue weighted by molar-refractivity contribution is 0.198. The van der Waals surface area contributed by atoms with Gasteiger partial charge in [0.05, 0.1) is 13.4 Å². The summed E-state index contributed by atoms with van der Waals surface area (Å²) in [4.78, 5) is 26.7. The lowest BCUT2D eigenvalue weighted by Crippen LogP contribution is -2.30. The molecule has 0 aliphatic carbocycles. The molecule has 130 valence electrons. The summed E-state index contributed by atoms with van der Waals surface area (Å²) in [6, 6.07) is 6.97. The number of fused-ring (bicyclic) bond motifs is 1. The van der Waals surface area contributed by atoms with E-state index in [0.717, 1.165) is 22.2 Å². The third-order valence-corrected chi connectivity index (χ3v) is 3.84. The zero-order valence-corrected chi connectivity index (χ0v) is 13.9. The Bertz CT molecular complexity index is 957. The van der Waals surface area contributed by atoms with E-state index in [9.17, 15) is 9.59 Å². The summed E-state index contributed by atoms with van der Waals surface area (Å²) >= 11 is 0. The fourth-order valence-electron chi connectivity index (χ4n) is 2.54. The average molecular weight is 342 g/mol. The van der Waals surface area contributed by atoms with Crippen LogP contribution in [0.1, 0.15) is 11.3 Å². The van der Waals surface area contributed by atoms with Crippen LogP contribution >= 0.6 is 0 Å². The lowest BCUT2D eigenvalue weighted by atomic mass is 10.1. The van der Waals surface area contributed by atoms with Gasteiger partial charge in [-0.05, 0) is 37.1 Å². The zero-order valence-electron chi connectivity index (χ0n) is 13.9.